The Kier molecular flexibility index (Phi) is 12.3. The third-order valence-corrected chi connectivity index (χ3v) is 8.02. The molecule has 0 aliphatic carbocycles. The van der Waals surface area contributed by atoms with Crippen LogP contribution in [0.3, 0.4) is 0 Å². The smallest absolute Gasteiger partial charge is 0.251 e. The normalized spacial score (nSPS) is 12.1. The molecule has 0 radical (unpaired) electrons. The Labute approximate surface area is 250 Å². The van der Waals surface area contributed by atoms with Crippen molar-refractivity contribution in [1.82, 2.24) is 5.32 Å². The van der Waals surface area contributed by atoms with Gasteiger partial charge in [0.1, 0.15) is 18.1 Å². The Bertz CT molecular complexity index is 1270. The predicted octanol–water partition coefficient (Wildman–Crippen LogP) is 8.35. The number of ketones is 1. The molecule has 1 atom stereocenters. The summed E-state index contributed by atoms with van der Waals surface area (Å²) in [6, 6.07) is 21.5. The Balaban J connectivity index is 1.33. The maximum Gasteiger partial charge on any atom is 0.251 e. The van der Waals surface area contributed by atoms with Crippen LogP contribution in [-0.4, -0.2) is 18.2 Å². The van der Waals surface area contributed by atoms with Gasteiger partial charge in [0.05, 0.1) is 10.7 Å². The Morgan fingerprint density at radius 3 is 2.32 bits per heavy atom. The number of nitrogens with two attached hydrogens (primary N) is 1. The molecule has 0 saturated carbocycles. The number of unbranched alkanes of at least 4 members (excludes halogenated alkanes) is 2. The van der Waals surface area contributed by atoms with Gasteiger partial charge < -0.3 is 15.8 Å². The molecule has 1 amide bonds. The Morgan fingerprint density at radius 2 is 1.63 bits per heavy atom. The van der Waals surface area contributed by atoms with Crippen LogP contribution in [0.15, 0.2) is 66.7 Å². The van der Waals surface area contributed by atoms with Gasteiger partial charge in [0, 0.05) is 24.9 Å². The van der Waals surface area contributed by atoms with E-state index in [1.54, 1.807) is 12.1 Å². The maximum atomic E-state index is 12.8. The van der Waals surface area contributed by atoms with Crippen LogP contribution in [0.2, 0.25) is 5.02 Å². The van der Waals surface area contributed by atoms with Gasteiger partial charge in [0.25, 0.3) is 5.91 Å². The zero-order valence-electron chi connectivity index (χ0n) is 25.0. The van der Waals surface area contributed by atoms with E-state index in [1.807, 2.05) is 61.5 Å². The zero-order valence-corrected chi connectivity index (χ0v) is 25.7. The fourth-order valence-electron chi connectivity index (χ4n) is 4.89. The minimum atomic E-state index is -0.126. The van der Waals surface area contributed by atoms with Crippen LogP contribution in [0.1, 0.15) is 86.3 Å². The molecule has 3 rings (SSSR count). The van der Waals surface area contributed by atoms with E-state index in [1.165, 1.54) is 0 Å². The molecule has 0 aliphatic heterocycles. The standard InChI is InChI=1S/C35H45ClN2O3/c1-25-21-33(37)32(36)22-31(25)34(40)38-23-28(35(2,3)4)13-9-6-10-14-29(39)18-15-26-16-19-30(20-17-26)41-24-27-11-7-5-8-12-27/h5,7-8,11-12,16-17,19-22,28H,6,9-10,13-15,18,23-24,37H2,1-4H3,(H,38,40). The molecule has 0 aromatic heterocycles. The number of aryl methyl sites for hydroxylation is 2. The minimum absolute atomic E-state index is 0.0546. The van der Waals surface area contributed by atoms with Crippen molar-refractivity contribution in [2.45, 2.75) is 79.2 Å². The van der Waals surface area contributed by atoms with Crippen LogP contribution in [0.5, 0.6) is 5.75 Å². The quantitative estimate of drug-likeness (QED) is 0.141. The number of ether oxygens (including phenoxy) is 1. The number of hydrogen-bond donors (Lipinski definition) is 2. The van der Waals surface area contributed by atoms with E-state index in [4.69, 9.17) is 22.1 Å². The lowest BCUT2D eigenvalue weighted by atomic mass is 9.77. The topological polar surface area (TPSA) is 81.4 Å². The fraction of sp³-hybridized carbons (Fsp3) is 0.429. The molecule has 41 heavy (non-hydrogen) atoms. The summed E-state index contributed by atoms with van der Waals surface area (Å²) in [5, 5.41) is 3.50. The van der Waals surface area contributed by atoms with Crippen molar-refractivity contribution in [3.05, 3.63) is 94.0 Å². The third-order valence-electron chi connectivity index (χ3n) is 7.69. The summed E-state index contributed by atoms with van der Waals surface area (Å²) in [6.07, 6.45) is 5.87. The van der Waals surface area contributed by atoms with Crippen LogP contribution in [0.4, 0.5) is 5.69 Å². The lowest BCUT2D eigenvalue weighted by Crippen LogP contribution is -2.35. The average molecular weight is 577 g/mol. The predicted molar refractivity (Wildman–Crippen MR) is 170 cm³/mol. The number of amides is 1. The molecule has 1 unspecified atom stereocenters. The molecule has 3 N–H and O–H groups in total. The van der Waals surface area contributed by atoms with Crippen molar-refractivity contribution in [2.75, 3.05) is 12.3 Å². The molecular formula is C35H45ClN2O3. The second-order valence-electron chi connectivity index (χ2n) is 12.0. The van der Waals surface area contributed by atoms with Gasteiger partial charge in [0.2, 0.25) is 0 Å². The maximum absolute atomic E-state index is 12.8. The number of nitrogens with one attached hydrogen (secondary N) is 1. The van der Waals surface area contributed by atoms with Crippen molar-refractivity contribution in [2.24, 2.45) is 11.3 Å². The number of anilines is 1. The van der Waals surface area contributed by atoms with Gasteiger partial charge in [-0.25, -0.2) is 0 Å². The van der Waals surface area contributed by atoms with E-state index < -0.39 is 0 Å². The van der Waals surface area contributed by atoms with Gasteiger partial charge in [0.15, 0.2) is 0 Å². The summed E-state index contributed by atoms with van der Waals surface area (Å²) in [6.45, 7) is 9.63. The van der Waals surface area contributed by atoms with Crippen LogP contribution in [0, 0.1) is 18.3 Å². The van der Waals surface area contributed by atoms with Crippen molar-refractivity contribution >= 4 is 29.0 Å². The first-order valence-corrected chi connectivity index (χ1v) is 15.0. The molecule has 0 spiro atoms. The van der Waals surface area contributed by atoms with E-state index in [0.717, 1.165) is 54.5 Å². The highest BCUT2D eigenvalue weighted by atomic mass is 35.5. The molecule has 0 aliphatic rings. The average Bonchev–Trinajstić information content (AvgIpc) is 2.94. The number of carbonyl (C=O) groups excluding carboxylic acids is 2. The van der Waals surface area contributed by atoms with Crippen molar-refractivity contribution in [3.8, 4) is 5.75 Å². The van der Waals surface area contributed by atoms with Crippen molar-refractivity contribution in [3.63, 3.8) is 0 Å². The van der Waals surface area contributed by atoms with Gasteiger partial charge >= 0.3 is 0 Å². The SMILES string of the molecule is Cc1cc(N)c(Cl)cc1C(=O)NCC(CCCCCC(=O)CCc1ccc(OCc2ccccc2)cc1)C(C)(C)C. The lowest BCUT2D eigenvalue weighted by Gasteiger charge is -2.31. The minimum Gasteiger partial charge on any atom is -0.489 e. The largest absolute Gasteiger partial charge is 0.489 e. The van der Waals surface area contributed by atoms with E-state index in [0.29, 0.717) is 54.0 Å². The first-order valence-electron chi connectivity index (χ1n) is 14.6. The van der Waals surface area contributed by atoms with E-state index in [9.17, 15) is 9.59 Å². The summed E-state index contributed by atoms with van der Waals surface area (Å²) in [4.78, 5) is 25.3. The molecular weight excluding hydrogens is 532 g/mol. The molecule has 3 aromatic carbocycles. The lowest BCUT2D eigenvalue weighted by molar-refractivity contribution is -0.119. The highest BCUT2D eigenvalue weighted by molar-refractivity contribution is 6.33. The number of Topliss-reactive ketones (excluding diaryl/α,β-unsaturated/α-hetero) is 1. The fourth-order valence-corrected chi connectivity index (χ4v) is 5.06. The number of halogens is 1. The zero-order chi connectivity index (χ0) is 29.8. The van der Waals surface area contributed by atoms with Crippen LogP contribution >= 0.6 is 11.6 Å². The van der Waals surface area contributed by atoms with Crippen LogP contribution < -0.4 is 15.8 Å². The van der Waals surface area contributed by atoms with Gasteiger partial charge in [-0.2, -0.15) is 0 Å². The number of nitrogen functional groups attached to an aromatic ring is 1. The molecule has 220 valence electrons. The molecule has 6 heteroatoms. The summed E-state index contributed by atoms with van der Waals surface area (Å²) in [5.74, 6) is 1.35. The number of hydrogen-bond acceptors (Lipinski definition) is 4. The molecule has 0 heterocycles. The molecule has 5 nitrogen and oxygen atoms in total. The van der Waals surface area contributed by atoms with Gasteiger partial charge in [-0.1, -0.05) is 87.7 Å². The Hall–Kier alpha value is -3.31. The monoisotopic (exact) mass is 576 g/mol. The molecule has 0 bridgehead atoms. The second kappa shape index (κ2) is 15.6. The van der Waals surface area contributed by atoms with E-state index in [2.05, 4.69) is 26.1 Å². The second-order valence-corrected chi connectivity index (χ2v) is 12.4. The molecule has 0 fully saturated rings. The van der Waals surface area contributed by atoms with Gasteiger partial charge in [-0.15, -0.1) is 0 Å². The van der Waals surface area contributed by atoms with Crippen LogP contribution in [-0.2, 0) is 17.8 Å². The molecule has 0 saturated heterocycles. The summed E-state index contributed by atoms with van der Waals surface area (Å²) >= 11 is 6.14. The molecule has 3 aromatic rings. The van der Waals surface area contributed by atoms with Crippen LogP contribution in [0.25, 0.3) is 0 Å². The highest BCUT2D eigenvalue weighted by Crippen LogP contribution is 2.30. The highest BCUT2D eigenvalue weighted by Gasteiger charge is 2.25. The number of rotatable bonds is 15. The number of benzene rings is 3. The van der Waals surface area contributed by atoms with E-state index >= 15 is 0 Å². The van der Waals surface area contributed by atoms with E-state index in [-0.39, 0.29) is 11.3 Å². The first-order chi connectivity index (χ1) is 19.5. The Morgan fingerprint density at radius 1 is 0.927 bits per heavy atom. The third kappa shape index (κ3) is 10.9. The van der Waals surface area contributed by atoms with Crippen molar-refractivity contribution < 1.29 is 14.3 Å². The number of carbonyl (C=O) groups is 2. The summed E-state index contributed by atoms with van der Waals surface area (Å²) in [7, 11) is 0. The van der Waals surface area contributed by atoms with Gasteiger partial charge in [-0.05, 0) is 78.5 Å². The summed E-state index contributed by atoms with van der Waals surface area (Å²) < 4.78 is 5.85. The van der Waals surface area contributed by atoms with Gasteiger partial charge in [-0.3, -0.25) is 9.59 Å². The van der Waals surface area contributed by atoms with Crippen molar-refractivity contribution in [1.29, 1.82) is 0 Å². The first kappa shape index (κ1) is 32.2. The summed E-state index contributed by atoms with van der Waals surface area (Å²) in [5.41, 5.74) is 10.0.